The molecule has 0 spiro atoms. The number of hydrogen-bond acceptors (Lipinski definition) is 2. The Bertz CT molecular complexity index is 320. The highest BCUT2D eigenvalue weighted by molar-refractivity contribution is 14.1. The third-order valence-corrected chi connectivity index (χ3v) is 1.96. The summed E-state index contributed by atoms with van der Waals surface area (Å²) in [7, 11) is 0. The molecular weight excluding hydrogens is 257 g/mol. The predicted molar refractivity (Wildman–Crippen MR) is 49.6 cm³/mol. The lowest BCUT2D eigenvalue weighted by atomic mass is 10.3. The van der Waals surface area contributed by atoms with Crippen molar-refractivity contribution in [3.8, 4) is 5.75 Å². The molecule has 0 saturated heterocycles. The third kappa shape index (κ3) is 1.99. The minimum Gasteiger partial charge on any atom is -0.507 e. The molecule has 0 aliphatic carbocycles. The van der Waals surface area contributed by atoms with Gasteiger partial charge in [-0.15, -0.1) is 0 Å². The molecular formula is C6H4IN3O. The molecule has 0 aliphatic heterocycles. The Labute approximate surface area is 76.6 Å². The van der Waals surface area contributed by atoms with Crippen LogP contribution in [-0.4, -0.2) is 5.11 Å². The molecule has 0 bridgehead atoms. The standard InChI is InChI=1S/C6H4IN3O/c7-5-3-4(9-10-8)1-2-6(5)11/h1-3,11H. The van der Waals surface area contributed by atoms with Crippen LogP contribution >= 0.6 is 22.6 Å². The van der Waals surface area contributed by atoms with E-state index in [1.54, 1.807) is 12.1 Å². The Hall–Kier alpha value is -0.940. The molecule has 5 heteroatoms. The first kappa shape index (κ1) is 8.16. The summed E-state index contributed by atoms with van der Waals surface area (Å²) in [5, 5.41) is 12.4. The Morgan fingerprint density at radius 1 is 1.55 bits per heavy atom. The Morgan fingerprint density at radius 3 is 2.82 bits per heavy atom. The van der Waals surface area contributed by atoms with Crippen LogP contribution in [0.25, 0.3) is 10.4 Å². The largest absolute Gasteiger partial charge is 0.507 e. The highest BCUT2D eigenvalue weighted by atomic mass is 127. The van der Waals surface area contributed by atoms with Crippen LogP contribution < -0.4 is 0 Å². The number of halogens is 1. The molecule has 1 aromatic rings. The van der Waals surface area contributed by atoms with Crippen LogP contribution in [0.15, 0.2) is 23.3 Å². The minimum atomic E-state index is 0.197. The average molecular weight is 261 g/mol. The molecule has 0 radical (unpaired) electrons. The number of hydrogen-bond donors (Lipinski definition) is 1. The lowest BCUT2D eigenvalue weighted by molar-refractivity contribution is 0.471. The Kier molecular flexibility index (Phi) is 2.56. The van der Waals surface area contributed by atoms with E-state index in [1.165, 1.54) is 6.07 Å². The molecule has 1 N–H and O–H groups in total. The van der Waals surface area contributed by atoms with Gasteiger partial charge in [0.15, 0.2) is 0 Å². The third-order valence-electron chi connectivity index (χ3n) is 1.09. The normalized spacial score (nSPS) is 8.82. The molecule has 4 nitrogen and oxygen atoms in total. The van der Waals surface area contributed by atoms with Gasteiger partial charge >= 0.3 is 0 Å². The zero-order valence-corrected chi connectivity index (χ0v) is 7.56. The second kappa shape index (κ2) is 3.45. The molecule has 11 heavy (non-hydrogen) atoms. The molecule has 0 atom stereocenters. The van der Waals surface area contributed by atoms with Gasteiger partial charge in [-0.1, -0.05) is 5.11 Å². The number of azide groups is 1. The van der Waals surface area contributed by atoms with Gasteiger partial charge in [0.2, 0.25) is 0 Å². The zero-order chi connectivity index (χ0) is 8.27. The van der Waals surface area contributed by atoms with Crippen LogP contribution in [0.3, 0.4) is 0 Å². The summed E-state index contributed by atoms with van der Waals surface area (Å²) >= 11 is 1.96. The van der Waals surface area contributed by atoms with Gasteiger partial charge in [-0.3, -0.25) is 0 Å². The maximum Gasteiger partial charge on any atom is 0.128 e. The SMILES string of the molecule is [N-]=[N+]=Nc1ccc(O)c(I)c1. The van der Waals surface area contributed by atoms with Crippen molar-refractivity contribution in [1.29, 1.82) is 0 Å². The number of phenolic OH excluding ortho intramolecular Hbond substituents is 1. The second-order valence-electron chi connectivity index (χ2n) is 1.83. The van der Waals surface area contributed by atoms with Crippen LogP contribution in [0.1, 0.15) is 0 Å². The van der Waals surface area contributed by atoms with Crippen LogP contribution in [0.5, 0.6) is 5.75 Å². The van der Waals surface area contributed by atoms with Crippen molar-refractivity contribution in [2.45, 2.75) is 0 Å². The monoisotopic (exact) mass is 261 g/mol. The molecule has 56 valence electrons. The topological polar surface area (TPSA) is 69.0 Å². The van der Waals surface area contributed by atoms with E-state index in [0.29, 0.717) is 9.26 Å². The van der Waals surface area contributed by atoms with Crippen LogP contribution in [0.2, 0.25) is 0 Å². The summed E-state index contributed by atoms with van der Waals surface area (Å²) < 4.78 is 0.674. The summed E-state index contributed by atoms with van der Waals surface area (Å²) in [6.07, 6.45) is 0. The van der Waals surface area contributed by atoms with Crippen molar-refractivity contribution < 1.29 is 5.11 Å². The van der Waals surface area contributed by atoms with Crippen LogP contribution in [-0.2, 0) is 0 Å². The summed E-state index contributed by atoms with van der Waals surface area (Å²) in [6.45, 7) is 0. The number of nitrogens with zero attached hydrogens (tertiary/aromatic N) is 3. The highest BCUT2D eigenvalue weighted by Crippen LogP contribution is 2.24. The first-order chi connectivity index (χ1) is 5.24. The van der Waals surface area contributed by atoms with Crippen LogP contribution in [0.4, 0.5) is 5.69 Å². The number of rotatable bonds is 1. The van der Waals surface area contributed by atoms with Crippen molar-refractivity contribution in [2.75, 3.05) is 0 Å². The average Bonchev–Trinajstić information content (AvgIpc) is 1.98. The number of benzene rings is 1. The molecule has 0 aliphatic rings. The first-order valence-corrected chi connectivity index (χ1v) is 3.85. The summed E-state index contributed by atoms with van der Waals surface area (Å²) in [4.78, 5) is 2.62. The fourth-order valence-electron chi connectivity index (χ4n) is 0.610. The molecule has 0 unspecified atom stereocenters. The van der Waals surface area contributed by atoms with E-state index in [1.807, 2.05) is 22.6 Å². The van der Waals surface area contributed by atoms with Crippen LogP contribution in [0, 0.1) is 3.57 Å². The Morgan fingerprint density at radius 2 is 2.27 bits per heavy atom. The minimum absolute atomic E-state index is 0.197. The van der Waals surface area contributed by atoms with E-state index in [-0.39, 0.29) is 5.75 Å². The van der Waals surface area contributed by atoms with Crippen molar-refractivity contribution in [3.63, 3.8) is 0 Å². The van der Waals surface area contributed by atoms with E-state index in [2.05, 4.69) is 10.0 Å². The van der Waals surface area contributed by atoms with E-state index >= 15 is 0 Å². The molecule has 0 amide bonds. The van der Waals surface area contributed by atoms with Gasteiger partial charge in [0.05, 0.1) is 3.57 Å². The van der Waals surface area contributed by atoms with Crippen molar-refractivity contribution in [1.82, 2.24) is 0 Å². The quantitative estimate of drug-likeness (QED) is 0.359. The number of aromatic hydroxyl groups is 1. The lowest BCUT2D eigenvalue weighted by Crippen LogP contribution is -1.70. The summed E-state index contributed by atoms with van der Waals surface area (Å²) in [6, 6.07) is 4.65. The molecule has 1 aromatic carbocycles. The van der Waals surface area contributed by atoms with Crippen molar-refractivity contribution in [2.24, 2.45) is 5.11 Å². The van der Waals surface area contributed by atoms with Gasteiger partial charge in [-0.2, -0.15) is 0 Å². The van der Waals surface area contributed by atoms with E-state index in [9.17, 15) is 0 Å². The first-order valence-electron chi connectivity index (χ1n) is 2.77. The van der Waals surface area contributed by atoms with E-state index in [4.69, 9.17) is 10.6 Å². The van der Waals surface area contributed by atoms with Gasteiger partial charge in [0.25, 0.3) is 0 Å². The number of phenols is 1. The smallest absolute Gasteiger partial charge is 0.128 e. The molecule has 0 saturated carbocycles. The summed E-state index contributed by atoms with van der Waals surface area (Å²) in [5.74, 6) is 0.197. The van der Waals surface area contributed by atoms with Gasteiger partial charge in [0.1, 0.15) is 5.75 Å². The van der Waals surface area contributed by atoms with E-state index < -0.39 is 0 Å². The fourth-order valence-corrected chi connectivity index (χ4v) is 1.11. The fraction of sp³-hybridized carbons (Fsp3) is 0. The Balaban J connectivity index is 3.14. The molecule has 1 rings (SSSR count). The predicted octanol–water partition coefficient (Wildman–Crippen LogP) is 2.94. The molecule has 0 fully saturated rings. The maximum atomic E-state index is 9.07. The van der Waals surface area contributed by atoms with E-state index in [0.717, 1.165) is 0 Å². The van der Waals surface area contributed by atoms with Crippen molar-refractivity contribution in [3.05, 3.63) is 32.2 Å². The molecule has 0 heterocycles. The second-order valence-corrected chi connectivity index (χ2v) is 2.99. The van der Waals surface area contributed by atoms with Gasteiger partial charge < -0.3 is 5.11 Å². The molecule has 0 aromatic heterocycles. The van der Waals surface area contributed by atoms with Gasteiger partial charge in [-0.05, 0) is 46.3 Å². The highest BCUT2D eigenvalue weighted by Gasteiger charge is 1.96. The van der Waals surface area contributed by atoms with Gasteiger partial charge in [0, 0.05) is 10.6 Å². The van der Waals surface area contributed by atoms with Crippen molar-refractivity contribution >= 4 is 28.3 Å². The van der Waals surface area contributed by atoms with Gasteiger partial charge in [-0.25, -0.2) is 0 Å². The maximum absolute atomic E-state index is 9.07. The zero-order valence-electron chi connectivity index (χ0n) is 5.40. The summed E-state index contributed by atoms with van der Waals surface area (Å²) in [5.41, 5.74) is 8.58. The lowest BCUT2D eigenvalue weighted by Gasteiger charge is -1.95.